The topological polar surface area (TPSA) is 103 Å². The van der Waals surface area contributed by atoms with Crippen LogP contribution in [-0.4, -0.2) is 40.4 Å². The number of halogens is 5. The molecule has 200 valence electrons. The molecule has 1 aliphatic heterocycles. The van der Waals surface area contributed by atoms with E-state index >= 15 is 0 Å². The number of benzene rings is 2. The fourth-order valence-electron chi connectivity index (χ4n) is 5.87. The number of hydrogen-bond acceptors (Lipinski definition) is 5. The summed E-state index contributed by atoms with van der Waals surface area (Å²) in [5.41, 5.74) is -0.477. The first-order valence-electron chi connectivity index (χ1n) is 11.6. The molecule has 1 fully saturated rings. The van der Waals surface area contributed by atoms with E-state index in [4.69, 9.17) is 58.0 Å². The zero-order valence-corrected chi connectivity index (χ0v) is 23.4. The van der Waals surface area contributed by atoms with Crippen LogP contribution in [-0.2, 0) is 16.1 Å². The standard InChI is InChI=1S/C26H16Cl5N3O5/c27-12-6-7-17(35)15(10-12)18-14-8-9-32-23(38)33(13-4-2-1-3-5-13)24(39)34(32)16(14)11-25(30)21(36)19(28)20(29)22(37)26(18,25)31/h1-8,10,16,18,35H,9,11H2. The third kappa shape index (κ3) is 3.39. The van der Waals surface area contributed by atoms with E-state index in [0.29, 0.717) is 11.3 Å². The Morgan fingerprint density at radius 3 is 2.23 bits per heavy atom. The number of carbonyl (C=O) groups excluding carboxylic acids is 2. The molecule has 39 heavy (non-hydrogen) atoms. The summed E-state index contributed by atoms with van der Waals surface area (Å²) in [5, 5.41) is 9.94. The first-order chi connectivity index (χ1) is 18.4. The number of nitrogens with zero attached hydrogens (tertiary/aromatic N) is 3. The van der Waals surface area contributed by atoms with Gasteiger partial charge in [-0.15, -0.1) is 23.2 Å². The molecule has 1 saturated carbocycles. The lowest BCUT2D eigenvalue weighted by atomic mass is 9.59. The summed E-state index contributed by atoms with van der Waals surface area (Å²) in [7, 11) is 0. The SMILES string of the molecule is O=C1C(Cl)=C(Cl)C(=O)C2(Cl)C(c3cc(Cl)ccc3O)C3=CCn4c(=O)n(-c5ccccc5)c(=O)n4C3CC12Cl. The number of hydrogen-bond donors (Lipinski definition) is 1. The number of rotatable bonds is 2. The van der Waals surface area contributed by atoms with E-state index in [1.165, 1.54) is 27.6 Å². The molecule has 13 heteroatoms. The predicted octanol–water partition coefficient (Wildman–Crippen LogP) is 4.62. The highest BCUT2D eigenvalue weighted by Gasteiger charge is 2.71. The Morgan fingerprint density at radius 2 is 1.54 bits per heavy atom. The van der Waals surface area contributed by atoms with Crippen LogP contribution in [0.3, 0.4) is 0 Å². The van der Waals surface area contributed by atoms with Crippen molar-refractivity contribution in [1.29, 1.82) is 0 Å². The highest BCUT2D eigenvalue weighted by Crippen LogP contribution is 2.64. The van der Waals surface area contributed by atoms with Crippen molar-refractivity contribution >= 4 is 69.6 Å². The smallest absolute Gasteiger partial charge is 0.352 e. The van der Waals surface area contributed by atoms with Gasteiger partial charge in [-0.3, -0.25) is 9.59 Å². The van der Waals surface area contributed by atoms with Gasteiger partial charge in [0.25, 0.3) is 0 Å². The number of aromatic hydroxyl groups is 1. The normalized spacial score (nSPS) is 28.1. The first-order valence-corrected chi connectivity index (χ1v) is 13.5. The van der Waals surface area contributed by atoms with Crippen LogP contribution in [0.25, 0.3) is 5.69 Å². The van der Waals surface area contributed by atoms with Gasteiger partial charge in [-0.1, -0.05) is 59.1 Å². The van der Waals surface area contributed by atoms with Crippen molar-refractivity contribution in [2.75, 3.05) is 0 Å². The number of carbonyl (C=O) groups is 2. The van der Waals surface area contributed by atoms with Gasteiger partial charge in [0.2, 0.25) is 0 Å². The molecule has 3 aliphatic rings. The molecule has 3 aromatic rings. The van der Waals surface area contributed by atoms with Gasteiger partial charge in [-0.05, 0) is 35.9 Å². The highest BCUT2D eigenvalue weighted by molar-refractivity contribution is 6.66. The van der Waals surface area contributed by atoms with E-state index in [9.17, 15) is 24.3 Å². The van der Waals surface area contributed by atoms with Gasteiger partial charge in [0.05, 0.1) is 18.3 Å². The Bertz CT molecular complexity index is 1790. The Kier molecular flexibility index (Phi) is 6.03. The summed E-state index contributed by atoms with van der Waals surface area (Å²) in [6.45, 7) is -0.0632. The first kappa shape index (κ1) is 26.5. The molecule has 0 spiro atoms. The second kappa shape index (κ2) is 8.88. The lowest BCUT2D eigenvalue weighted by molar-refractivity contribution is -0.128. The molecule has 2 aliphatic carbocycles. The molecule has 1 N–H and O–H groups in total. The fourth-order valence-corrected chi connectivity index (χ4v) is 7.57. The summed E-state index contributed by atoms with van der Waals surface area (Å²) in [6, 6.07) is 11.5. The van der Waals surface area contributed by atoms with Crippen molar-refractivity contribution in [2.45, 2.75) is 34.7 Å². The van der Waals surface area contributed by atoms with Gasteiger partial charge in [-0.25, -0.2) is 23.5 Å². The molecule has 0 radical (unpaired) electrons. The van der Waals surface area contributed by atoms with Gasteiger partial charge in [0, 0.05) is 22.9 Å². The summed E-state index contributed by atoms with van der Waals surface area (Å²) in [4.78, 5) is 50.1. The number of Topliss-reactive ketones (excluding diaryl/α,β-unsaturated/α-hetero) is 2. The molecule has 0 amide bonds. The summed E-state index contributed by atoms with van der Waals surface area (Å²) in [5.74, 6) is -3.38. The van der Waals surface area contributed by atoms with Crippen molar-refractivity contribution in [2.24, 2.45) is 0 Å². The third-order valence-corrected chi connectivity index (χ3v) is 10.1. The van der Waals surface area contributed by atoms with E-state index in [0.717, 1.165) is 4.57 Å². The van der Waals surface area contributed by atoms with Gasteiger partial charge < -0.3 is 5.11 Å². The fraction of sp³-hybridized carbons (Fsp3) is 0.231. The lowest BCUT2D eigenvalue weighted by Gasteiger charge is -2.54. The molecular formula is C26H16Cl5N3O5. The van der Waals surface area contributed by atoms with Gasteiger partial charge in [0.1, 0.15) is 25.6 Å². The highest BCUT2D eigenvalue weighted by atomic mass is 35.5. The molecular weight excluding hydrogens is 612 g/mol. The van der Waals surface area contributed by atoms with Gasteiger partial charge in [-0.2, -0.15) is 0 Å². The number of alkyl halides is 2. The minimum Gasteiger partial charge on any atom is -0.508 e. The second-order valence-corrected chi connectivity index (χ2v) is 12.0. The minimum absolute atomic E-state index is 0.0632. The quantitative estimate of drug-likeness (QED) is 0.330. The van der Waals surface area contributed by atoms with Crippen molar-refractivity contribution < 1.29 is 14.7 Å². The summed E-state index contributed by atoms with van der Waals surface area (Å²) < 4.78 is 3.43. The Morgan fingerprint density at radius 1 is 0.872 bits per heavy atom. The van der Waals surface area contributed by atoms with Crippen LogP contribution in [0.1, 0.15) is 23.9 Å². The van der Waals surface area contributed by atoms with Gasteiger partial charge in [0.15, 0.2) is 11.6 Å². The van der Waals surface area contributed by atoms with Crippen molar-refractivity contribution in [3.05, 3.63) is 102 Å². The monoisotopic (exact) mass is 625 g/mol. The number of phenolic OH excluding ortho intramolecular Hbond substituents is 1. The minimum atomic E-state index is -2.25. The Labute approximate surface area is 245 Å². The van der Waals surface area contributed by atoms with Gasteiger partial charge >= 0.3 is 11.4 Å². The molecule has 4 unspecified atom stereocenters. The maximum atomic E-state index is 13.8. The molecule has 0 saturated heterocycles. The number of para-hydroxylation sites is 1. The average Bonchev–Trinajstić information content (AvgIpc) is 3.18. The van der Waals surface area contributed by atoms with Crippen LogP contribution in [0, 0.1) is 0 Å². The summed E-state index contributed by atoms with van der Waals surface area (Å²) >= 11 is 32.8. The maximum absolute atomic E-state index is 13.8. The predicted molar refractivity (Wildman–Crippen MR) is 148 cm³/mol. The second-order valence-electron chi connectivity index (χ2n) is 9.52. The number of aromatic nitrogens is 3. The van der Waals surface area contributed by atoms with E-state index in [2.05, 4.69) is 0 Å². The molecule has 6 rings (SSSR count). The van der Waals surface area contributed by atoms with Crippen LogP contribution in [0.15, 0.2) is 79.8 Å². The molecule has 2 heterocycles. The van der Waals surface area contributed by atoms with E-state index in [-0.39, 0.29) is 29.3 Å². The van der Waals surface area contributed by atoms with E-state index < -0.39 is 54.7 Å². The van der Waals surface area contributed by atoms with E-state index in [1.54, 1.807) is 36.4 Å². The zero-order valence-electron chi connectivity index (χ0n) is 19.6. The molecule has 4 atom stereocenters. The molecule has 1 aromatic heterocycles. The zero-order chi connectivity index (χ0) is 28.0. The molecule has 0 bridgehead atoms. The van der Waals surface area contributed by atoms with E-state index in [1.807, 2.05) is 0 Å². The summed E-state index contributed by atoms with van der Waals surface area (Å²) in [6.07, 6.45) is 1.27. The van der Waals surface area contributed by atoms with Crippen molar-refractivity contribution in [3.8, 4) is 11.4 Å². The lowest BCUT2D eigenvalue weighted by Crippen LogP contribution is -2.67. The third-order valence-electron chi connectivity index (χ3n) is 7.62. The van der Waals surface area contributed by atoms with Crippen LogP contribution < -0.4 is 11.4 Å². The Hall–Kier alpha value is -2.75. The number of phenols is 1. The van der Waals surface area contributed by atoms with Crippen molar-refractivity contribution in [1.82, 2.24) is 13.9 Å². The molecule has 8 nitrogen and oxygen atoms in total. The average molecular weight is 628 g/mol. The largest absolute Gasteiger partial charge is 0.508 e. The van der Waals surface area contributed by atoms with Crippen LogP contribution in [0.4, 0.5) is 0 Å². The van der Waals surface area contributed by atoms with Crippen molar-refractivity contribution in [3.63, 3.8) is 0 Å². The number of ketones is 2. The number of fused-ring (bicyclic) bond motifs is 4. The van der Waals surface area contributed by atoms with Crippen LogP contribution in [0.2, 0.25) is 5.02 Å². The maximum Gasteiger partial charge on any atom is 0.352 e. The Balaban J connectivity index is 1.67. The number of allylic oxidation sites excluding steroid dienone is 4. The molecule has 2 aromatic carbocycles. The van der Waals surface area contributed by atoms with Crippen LogP contribution in [0.5, 0.6) is 5.75 Å². The van der Waals surface area contributed by atoms with Crippen LogP contribution >= 0.6 is 58.0 Å².